The van der Waals surface area contributed by atoms with Crippen LogP contribution in [0.5, 0.6) is 0 Å². The minimum atomic E-state index is -1.04. The van der Waals surface area contributed by atoms with Crippen LogP contribution in [-0.2, 0) is 0 Å². The van der Waals surface area contributed by atoms with Gasteiger partial charge in [0.25, 0.3) is 0 Å². The Morgan fingerprint density at radius 3 is 1.75 bits per heavy atom. The van der Waals surface area contributed by atoms with E-state index in [9.17, 15) is 9.59 Å². The second-order valence-corrected chi connectivity index (χ2v) is 7.28. The summed E-state index contributed by atoms with van der Waals surface area (Å²) < 4.78 is 0. The molecule has 5 nitrogen and oxygen atoms in total. The van der Waals surface area contributed by atoms with Gasteiger partial charge in [-0.15, -0.1) is 0 Å². The van der Waals surface area contributed by atoms with Gasteiger partial charge in [0.2, 0.25) is 5.78 Å². The molecule has 28 heavy (non-hydrogen) atoms. The van der Waals surface area contributed by atoms with Crippen molar-refractivity contribution in [2.24, 2.45) is 10.9 Å². The molecule has 0 radical (unpaired) electrons. The first-order chi connectivity index (χ1) is 13.5. The molecule has 0 spiro atoms. The van der Waals surface area contributed by atoms with Gasteiger partial charge in [0.1, 0.15) is 5.71 Å². The normalized spacial score (nSPS) is 11.2. The van der Waals surface area contributed by atoms with E-state index >= 15 is 0 Å². The van der Waals surface area contributed by atoms with Gasteiger partial charge in [-0.2, -0.15) is 5.10 Å². The van der Waals surface area contributed by atoms with Crippen LogP contribution in [0.4, 0.5) is 0 Å². The van der Waals surface area contributed by atoms with Crippen LogP contribution in [0.15, 0.2) is 87.7 Å². The maximum Gasteiger partial charge on any atom is 0.335 e. The minimum Gasteiger partial charge on any atom is -0.478 e. The van der Waals surface area contributed by atoms with E-state index in [4.69, 9.17) is 10.9 Å². The fourth-order valence-corrected chi connectivity index (χ4v) is 3.40. The Hall–Kier alpha value is -3.38. The first-order valence-corrected chi connectivity index (χ1v) is 9.30. The first-order valence-electron chi connectivity index (χ1n) is 8.49. The van der Waals surface area contributed by atoms with Gasteiger partial charge in [0.15, 0.2) is 0 Å². The number of aromatic carboxylic acids is 1. The predicted octanol–water partition coefficient (Wildman–Crippen LogP) is 4.39. The monoisotopic (exact) mass is 390 g/mol. The fraction of sp³-hybridized carbons (Fsp3) is 0.0455. The number of aryl methyl sites for hydroxylation is 1. The van der Waals surface area contributed by atoms with Crippen LogP contribution in [0.2, 0.25) is 0 Å². The zero-order chi connectivity index (χ0) is 20.1. The largest absolute Gasteiger partial charge is 0.478 e. The highest BCUT2D eigenvalue weighted by atomic mass is 32.2. The number of nitrogens with zero attached hydrogens (tertiary/aromatic N) is 1. The summed E-state index contributed by atoms with van der Waals surface area (Å²) in [5, 5.41) is 12.6. The summed E-state index contributed by atoms with van der Waals surface area (Å²) in [5.74, 6) is 4.07. The van der Waals surface area contributed by atoms with Crippen molar-refractivity contribution >= 4 is 29.2 Å². The number of ketones is 1. The van der Waals surface area contributed by atoms with Crippen LogP contribution in [0.1, 0.15) is 31.8 Å². The molecule has 0 aliphatic heterocycles. The van der Waals surface area contributed by atoms with Gasteiger partial charge in [0.05, 0.1) is 5.56 Å². The van der Waals surface area contributed by atoms with E-state index in [1.807, 2.05) is 19.1 Å². The fourth-order valence-electron chi connectivity index (χ4n) is 2.59. The molecule has 140 valence electrons. The molecular formula is C22H18N2O3S. The number of hydrazone groups is 1. The molecule has 3 rings (SSSR count). The van der Waals surface area contributed by atoms with Gasteiger partial charge in [-0.3, -0.25) is 4.79 Å². The molecule has 0 amide bonds. The van der Waals surface area contributed by atoms with Crippen molar-refractivity contribution in [1.82, 2.24) is 0 Å². The standard InChI is InChI=1S/C22H18N2O3S/c1-14-2-10-18(11-3-14)28-19-12-8-16(9-13-19)21(25)20(24-23)15-4-6-17(7-5-15)22(26)27/h2-13H,23H2,1H3,(H,26,27). The molecule has 3 aromatic carbocycles. The van der Waals surface area contributed by atoms with Crippen LogP contribution in [0, 0.1) is 6.92 Å². The summed E-state index contributed by atoms with van der Waals surface area (Å²) in [4.78, 5) is 25.9. The van der Waals surface area contributed by atoms with Crippen molar-refractivity contribution in [3.8, 4) is 0 Å². The topological polar surface area (TPSA) is 92.8 Å². The number of carbonyl (C=O) groups excluding carboxylic acids is 1. The molecule has 0 fully saturated rings. The van der Waals surface area contributed by atoms with Crippen molar-refractivity contribution in [3.05, 3.63) is 95.1 Å². The molecule has 0 unspecified atom stereocenters. The van der Waals surface area contributed by atoms with Crippen molar-refractivity contribution < 1.29 is 14.7 Å². The number of benzene rings is 3. The Balaban J connectivity index is 1.77. The lowest BCUT2D eigenvalue weighted by Crippen LogP contribution is -2.18. The van der Waals surface area contributed by atoms with Crippen LogP contribution in [-0.4, -0.2) is 22.6 Å². The Morgan fingerprint density at radius 1 is 0.786 bits per heavy atom. The van der Waals surface area contributed by atoms with Crippen molar-refractivity contribution in [2.75, 3.05) is 0 Å². The van der Waals surface area contributed by atoms with Gasteiger partial charge in [-0.05, 0) is 55.5 Å². The zero-order valence-corrected chi connectivity index (χ0v) is 15.9. The molecule has 6 heteroatoms. The lowest BCUT2D eigenvalue weighted by Gasteiger charge is -2.07. The lowest BCUT2D eigenvalue weighted by molar-refractivity contribution is 0.0696. The number of carboxylic acid groups (broad SMARTS) is 1. The van der Waals surface area contributed by atoms with Gasteiger partial charge in [-0.1, -0.05) is 41.6 Å². The van der Waals surface area contributed by atoms with E-state index in [1.54, 1.807) is 23.9 Å². The average molecular weight is 390 g/mol. The molecule has 0 aliphatic carbocycles. The molecule has 0 heterocycles. The molecule has 0 saturated carbocycles. The maximum atomic E-state index is 12.8. The number of hydrogen-bond donors (Lipinski definition) is 2. The third-order valence-electron chi connectivity index (χ3n) is 4.12. The predicted molar refractivity (Wildman–Crippen MR) is 110 cm³/mol. The highest BCUT2D eigenvalue weighted by molar-refractivity contribution is 7.99. The van der Waals surface area contributed by atoms with Crippen molar-refractivity contribution in [3.63, 3.8) is 0 Å². The summed E-state index contributed by atoms with van der Waals surface area (Å²) in [6.07, 6.45) is 0. The Labute approximate surface area is 166 Å². The minimum absolute atomic E-state index is 0.0795. The summed E-state index contributed by atoms with van der Waals surface area (Å²) >= 11 is 1.61. The van der Waals surface area contributed by atoms with E-state index < -0.39 is 5.97 Å². The van der Waals surface area contributed by atoms with Crippen LogP contribution >= 0.6 is 11.8 Å². The Bertz CT molecular complexity index is 1020. The van der Waals surface area contributed by atoms with E-state index in [0.717, 1.165) is 9.79 Å². The summed E-state index contributed by atoms with van der Waals surface area (Å²) in [6.45, 7) is 2.04. The number of rotatable bonds is 6. The molecule has 0 saturated heterocycles. The quantitative estimate of drug-likeness (QED) is 0.282. The lowest BCUT2D eigenvalue weighted by atomic mass is 10.00. The Morgan fingerprint density at radius 2 is 1.25 bits per heavy atom. The first kappa shape index (κ1) is 19.4. The molecule has 0 bridgehead atoms. The molecule has 3 aromatic rings. The van der Waals surface area contributed by atoms with Gasteiger partial charge in [-0.25, -0.2) is 4.79 Å². The summed E-state index contributed by atoms with van der Waals surface area (Å²) in [7, 11) is 0. The van der Waals surface area contributed by atoms with Crippen LogP contribution in [0.25, 0.3) is 0 Å². The second kappa shape index (κ2) is 8.54. The SMILES string of the molecule is Cc1ccc(Sc2ccc(C(=O)C(=NN)c3ccc(C(=O)O)cc3)cc2)cc1. The number of nitrogens with two attached hydrogens (primary N) is 1. The van der Waals surface area contributed by atoms with Crippen LogP contribution in [0.3, 0.4) is 0 Å². The Kier molecular flexibility index (Phi) is 5.91. The smallest absolute Gasteiger partial charge is 0.335 e. The highest BCUT2D eigenvalue weighted by Crippen LogP contribution is 2.28. The number of Topliss-reactive ketones (excluding diaryl/α,β-unsaturated/α-hetero) is 1. The molecule has 3 N–H and O–H groups in total. The number of carboxylic acids is 1. The molecule has 0 aromatic heterocycles. The average Bonchev–Trinajstić information content (AvgIpc) is 2.71. The van der Waals surface area contributed by atoms with Crippen molar-refractivity contribution in [1.29, 1.82) is 0 Å². The molecule has 0 aliphatic rings. The van der Waals surface area contributed by atoms with Gasteiger partial charge in [0, 0.05) is 20.9 Å². The highest BCUT2D eigenvalue weighted by Gasteiger charge is 2.17. The number of carbonyl (C=O) groups is 2. The maximum absolute atomic E-state index is 12.8. The van der Waals surface area contributed by atoms with Crippen molar-refractivity contribution in [2.45, 2.75) is 16.7 Å². The van der Waals surface area contributed by atoms with E-state index in [1.165, 1.54) is 29.8 Å². The zero-order valence-electron chi connectivity index (χ0n) is 15.1. The van der Waals surface area contributed by atoms with E-state index in [0.29, 0.717) is 11.1 Å². The summed E-state index contributed by atoms with van der Waals surface area (Å²) in [5.41, 5.74) is 2.34. The van der Waals surface area contributed by atoms with Gasteiger partial charge < -0.3 is 10.9 Å². The molecular weight excluding hydrogens is 372 g/mol. The third-order valence-corrected chi connectivity index (χ3v) is 5.14. The van der Waals surface area contributed by atoms with E-state index in [-0.39, 0.29) is 17.1 Å². The molecule has 0 atom stereocenters. The number of hydrogen-bond acceptors (Lipinski definition) is 5. The van der Waals surface area contributed by atoms with Gasteiger partial charge >= 0.3 is 5.97 Å². The second-order valence-electron chi connectivity index (χ2n) is 6.13. The summed E-state index contributed by atoms with van der Waals surface area (Å²) in [6, 6.07) is 21.3. The third kappa shape index (κ3) is 4.47. The van der Waals surface area contributed by atoms with E-state index in [2.05, 4.69) is 29.4 Å². The van der Waals surface area contributed by atoms with Crippen LogP contribution < -0.4 is 5.84 Å².